The first-order valence-electron chi connectivity index (χ1n) is 9.26. The topological polar surface area (TPSA) is 74.6 Å². The molecule has 0 saturated carbocycles. The first-order chi connectivity index (χ1) is 12.6. The van der Waals surface area contributed by atoms with Gasteiger partial charge in [-0.15, -0.1) is 5.11 Å². The van der Waals surface area contributed by atoms with E-state index in [0.717, 1.165) is 12.8 Å². The Kier molecular flexibility index (Phi) is 8.05. The molecule has 0 bridgehead atoms. The van der Waals surface area contributed by atoms with Crippen molar-refractivity contribution in [1.82, 2.24) is 9.91 Å². The van der Waals surface area contributed by atoms with Crippen molar-refractivity contribution in [3.8, 4) is 0 Å². The Hall–Kier alpha value is -2.44. The highest BCUT2D eigenvalue weighted by atomic mass is 16.5. The van der Waals surface area contributed by atoms with Crippen molar-refractivity contribution in [2.75, 3.05) is 33.3 Å². The van der Waals surface area contributed by atoms with Crippen molar-refractivity contribution >= 4 is 17.6 Å². The molecule has 1 saturated heterocycles. The number of carbonyl (C=O) groups is 2. The Morgan fingerprint density at radius 3 is 2.35 bits per heavy atom. The minimum atomic E-state index is -0.371. The molecule has 0 aromatic heterocycles. The standard InChI is InChI=1S/C19H28N4O3/c1-3-4-5-6-7-18(24)22-12-14-23(15-13-22)21-20-17-10-8-16(9-11-17)19(25)26-2/h8-11H,3-7,12-15H2,1-2H3. The second-order valence-electron chi connectivity index (χ2n) is 6.37. The summed E-state index contributed by atoms with van der Waals surface area (Å²) in [6.45, 7) is 4.91. The molecular formula is C19H28N4O3. The largest absolute Gasteiger partial charge is 0.465 e. The van der Waals surface area contributed by atoms with Crippen molar-refractivity contribution < 1.29 is 14.3 Å². The molecule has 0 N–H and O–H groups in total. The highest BCUT2D eigenvalue weighted by Crippen LogP contribution is 2.15. The van der Waals surface area contributed by atoms with Gasteiger partial charge >= 0.3 is 5.97 Å². The number of esters is 1. The lowest BCUT2D eigenvalue weighted by Gasteiger charge is -2.32. The van der Waals surface area contributed by atoms with Crippen LogP contribution in [0.15, 0.2) is 34.6 Å². The van der Waals surface area contributed by atoms with Crippen LogP contribution in [0.2, 0.25) is 0 Å². The summed E-state index contributed by atoms with van der Waals surface area (Å²) in [5.41, 5.74) is 1.16. The van der Waals surface area contributed by atoms with Crippen LogP contribution in [0.25, 0.3) is 0 Å². The fourth-order valence-corrected chi connectivity index (χ4v) is 2.79. The fourth-order valence-electron chi connectivity index (χ4n) is 2.79. The van der Waals surface area contributed by atoms with Gasteiger partial charge in [0.15, 0.2) is 0 Å². The van der Waals surface area contributed by atoms with E-state index in [1.54, 1.807) is 24.3 Å². The Morgan fingerprint density at radius 1 is 1.04 bits per heavy atom. The summed E-state index contributed by atoms with van der Waals surface area (Å²) in [6, 6.07) is 6.78. The van der Waals surface area contributed by atoms with Crippen LogP contribution in [0.4, 0.5) is 5.69 Å². The summed E-state index contributed by atoms with van der Waals surface area (Å²) in [6.07, 6.45) is 5.14. The van der Waals surface area contributed by atoms with E-state index >= 15 is 0 Å². The van der Waals surface area contributed by atoms with Crippen LogP contribution in [0, 0.1) is 0 Å². The zero-order valence-electron chi connectivity index (χ0n) is 15.7. The number of carbonyl (C=O) groups excluding carboxylic acids is 2. The lowest BCUT2D eigenvalue weighted by Crippen LogP contribution is -2.46. The van der Waals surface area contributed by atoms with Crippen molar-refractivity contribution in [3.05, 3.63) is 29.8 Å². The van der Waals surface area contributed by atoms with Crippen molar-refractivity contribution in [3.63, 3.8) is 0 Å². The molecule has 0 unspecified atom stereocenters. The maximum absolute atomic E-state index is 12.2. The predicted octanol–water partition coefficient (Wildman–Crippen LogP) is 3.59. The molecule has 142 valence electrons. The molecule has 7 heteroatoms. The fraction of sp³-hybridized carbons (Fsp3) is 0.579. The zero-order chi connectivity index (χ0) is 18.8. The SMILES string of the molecule is CCCCCCC(=O)N1CCN(N=Nc2ccc(C(=O)OC)cc2)CC1. The van der Waals surface area contributed by atoms with Gasteiger partial charge in [-0.3, -0.25) is 9.80 Å². The molecule has 26 heavy (non-hydrogen) atoms. The number of amides is 1. The summed E-state index contributed by atoms with van der Waals surface area (Å²) in [7, 11) is 1.35. The number of unbranched alkanes of at least 4 members (excludes halogenated alkanes) is 3. The predicted molar refractivity (Wildman–Crippen MR) is 99.2 cm³/mol. The van der Waals surface area contributed by atoms with E-state index in [1.807, 2.05) is 9.91 Å². The molecule has 1 fully saturated rings. The smallest absolute Gasteiger partial charge is 0.337 e. The molecule has 1 aromatic rings. The van der Waals surface area contributed by atoms with Gasteiger partial charge < -0.3 is 9.64 Å². The lowest BCUT2D eigenvalue weighted by molar-refractivity contribution is -0.133. The number of piperazine rings is 1. The van der Waals surface area contributed by atoms with Crippen LogP contribution < -0.4 is 0 Å². The molecule has 0 spiro atoms. The summed E-state index contributed by atoms with van der Waals surface area (Å²) >= 11 is 0. The average molecular weight is 360 g/mol. The van der Waals surface area contributed by atoms with Crippen molar-refractivity contribution in [2.45, 2.75) is 39.0 Å². The van der Waals surface area contributed by atoms with Crippen molar-refractivity contribution in [2.24, 2.45) is 10.3 Å². The second kappa shape index (κ2) is 10.5. The van der Waals surface area contributed by atoms with E-state index in [-0.39, 0.29) is 11.9 Å². The molecule has 0 atom stereocenters. The Morgan fingerprint density at radius 2 is 1.73 bits per heavy atom. The van der Waals surface area contributed by atoms with Crippen molar-refractivity contribution in [1.29, 1.82) is 0 Å². The van der Waals surface area contributed by atoms with Crippen LogP contribution in [0.3, 0.4) is 0 Å². The normalized spacial score (nSPS) is 14.7. The molecule has 1 aromatic carbocycles. The molecule has 7 nitrogen and oxygen atoms in total. The van der Waals surface area contributed by atoms with Crippen LogP contribution in [-0.2, 0) is 9.53 Å². The van der Waals surface area contributed by atoms with Gasteiger partial charge in [0.1, 0.15) is 0 Å². The second-order valence-corrected chi connectivity index (χ2v) is 6.37. The van der Waals surface area contributed by atoms with Crippen LogP contribution >= 0.6 is 0 Å². The van der Waals surface area contributed by atoms with Gasteiger partial charge in [-0.1, -0.05) is 31.4 Å². The summed E-state index contributed by atoms with van der Waals surface area (Å²) in [4.78, 5) is 25.5. The van der Waals surface area contributed by atoms with Gasteiger partial charge in [-0.25, -0.2) is 4.79 Å². The number of methoxy groups -OCH3 is 1. The molecule has 0 radical (unpaired) electrons. The number of nitrogens with zero attached hydrogens (tertiary/aromatic N) is 4. The van der Waals surface area contributed by atoms with Crippen LogP contribution in [-0.4, -0.2) is 55.1 Å². The Balaban J connectivity index is 1.75. The molecule has 0 aliphatic carbocycles. The number of hydrogen-bond acceptors (Lipinski definition) is 5. The molecule has 1 amide bonds. The molecule has 1 heterocycles. The third kappa shape index (κ3) is 6.13. The van der Waals surface area contributed by atoms with Gasteiger partial charge in [0.25, 0.3) is 0 Å². The van der Waals surface area contributed by atoms with E-state index in [1.165, 1.54) is 20.0 Å². The van der Waals surface area contributed by atoms with Gasteiger partial charge in [-0.05, 0) is 30.7 Å². The maximum atomic E-state index is 12.2. The van der Waals surface area contributed by atoms with E-state index in [0.29, 0.717) is 43.9 Å². The van der Waals surface area contributed by atoms with Crippen LogP contribution in [0.1, 0.15) is 49.4 Å². The highest BCUT2D eigenvalue weighted by molar-refractivity contribution is 5.89. The lowest BCUT2D eigenvalue weighted by atomic mass is 10.1. The van der Waals surface area contributed by atoms with Crippen LogP contribution in [0.5, 0.6) is 0 Å². The molecule has 1 aliphatic heterocycles. The average Bonchev–Trinajstić information content (AvgIpc) is 2.69. The third-order valence-electron chi connectivity index (χ3n) is 4.43. The summed E-state index contributed by atoms with van der Waals surface area (Å²) < 4.78 is 4.66. The van der Waals surface area contributed by atoms with Gasteiger partial charge in [-0.2, -0.15) is 0 Å². The first kappa shape index (κ1) is 19.9. The van der Waals surface area contributed by atoms with E-state index < -0.39 is 0 Å². The van der Waals surface area contributed by atoms with Gasteiger partial charge in [0.05, 0.1) is 31.5 Å². The maximum Gasteiger partial charge on any atom is 0.337 e. The number of hydrogen-bond donors (Lipinski definition) is 0. The van der Waals surface area contributed by atoms with Gasteiger partial charge in [0, 0.05) is 19.5 Å². The minimum absolute atomic E-state index is 0.246. The van der Waals surface area contributed by atoms with E-state index in [4.69, 9.17) is 0 Å². The third-order valence-corrected chi connectivity index (χ3v) is 4.43. The molecular weight excluding hydrogens is 332 g/mol. The first-order valence-corrected chi connectivity index (χ1v) is 9.26. The Labute approximate surface area is 155 Å². The van der Waals surface area contributed by atoms with E-state index in [2.05, 4.69) is 22.0 Å². The highest BCUT2D eigenvalue weighted by Gasteiger charge is 2.19. The van der Waals surface area contributed by atoms with E-state index in [9.17, 15) is 9.59 Å². The summed E-state index contributed by atoms with van der Waals surface area (Å²) in [5, 5.41) is 10.3. The number of rotatable bonds is 8. The quantitative estimate of drug-likeness (QED) is 0.403. The summed E-state index contributed by atoms with van der Waals surface area (Å²) in [5.74, 6) is -0.125. The Bertz CT molecular complexity index is 608. The molecule has 1 aliphatic rings. The number of ether oxygens (including phenoxy) is 1. The number of benzene rings is 1. The molecule has 2 rings (SSSR count). The zero-order valence-corrected chi connectivity index (χ0v) is 15.7. The minimum Gasteiger partial charge on any atom is -0.465 e. The van der Waals surface area contributed by atoms with Gasteiger partial charge in [0.2, 0.25) is 5.91 Å². The monoisotopic (exact) mass is 360 g/mol.